The van der Waals surface area contributed by atoms with Crippen LogP contribution in [-0.2, 0) is 0 Å². The van der Waals surface area contributed by atoms with Gasteiger partial charge in [0.2, 0.25) is 5.88 Å². The lowest BCUT2D eigenvalue weighted by Gasteiger charge is -2.14. The molecule has 0 aliphatic carbocycles. The van der Waals surface area contributed by atoms with Crippen LogP contribution in [0.5, 0.6) is 5.88 Å². The number of nitrogens with one attached hydrogen (secondary N) is 1. The molecule has 1 aromatic heterocycles. The maximum Gasteiger partial charge on any atom is 0.231 e. The molecule has 2 aliphatic heterocycles. The number of hydrogen-bond donors (Lipinski definition) is 2. The van der Waals surface area contributed by atoms with E-state index in [1.165, 1.54) is 12.1 Å². The molecule has 0 atom stereocenters. The third kappa shape index (κ3) is 3.08. The van der Waals surface area contributed by atoms with Gasteiger partial charge in [-0.1, -0.05) is 11.3 Å². The molecule has 132 valence electrons. The molecule has 10 heteroatoms. The molecule has 0 spiro atoms. The highest BCUT2D eigenvalue weighted by molar-refractivity contribution is 7.96. The second kappa shape index (κ2) is 6.54. The third-order valence-electron chi connectivity index (χ3n) is 3.50. The second-order valence-electron chi connectivity index (χ2n) is 5.23. The molecule has 2 aliphatic rings. The first kappa shape index (κ1) is 16.7. The molecule has 3 heterocycles. The van der Waals surface area contributed by atoms with E-state index >= 15 is 0 Å². The van der Waals surface area contributed by atoms with E-state index in [4.69, 9.17) is 0 Å². The van der Waals surface area contributed by atoms with Crippen LogP contribution in [0.25, 0.3) is 6.08 Å². The number of fused-ring (bicyclic) bond motifs is 1. The summed E-state index contributed by atoms with van der Waals surface area (Å²) in [6.07, 6.45) is 8.98. The fraction of sp³-hybridized carbons (Fsp3) is 0. The van der Waals surface area contributed by atoms with Gasteiger partial charge in [-0.25, -0.2) is 17.6 Å². The van der Waals surface area contributed by atoms with Crippen molar-refractivity contribution in [3.63, 3.8) is 0 Å². The van der Waals surface area contributed by atoms with Crippen molar-refractivity contribution in [3.8, 4) is 5.88 Å². The lowest BCUT2D eigenvalue weighted by molar-refractivity contribution is 0.449. The van der Waals surface area contributed by atoms with Gasteiger partial charge in [0.05, 0.1) is 34.6 Å². The van der Waals surface area contributed by atoms with Gasteiger partial charge in [0.25, 0.3) is 0 Å². The number of aromatic nitrogens is 1. The van der Waals surface area contributed by atoms with E-state index in [-0.39, 0.29) is 16.7 Å². The Morgan fingerprint density at radius 3 is 2.88 bits per heavy atom. The summed E-state index contributed by atoms with van der Waals surface area (Å²) in [6, 6.07) is 1.87. The first-order valence-electron chi connectivity index (χ1n) is 7.23. The van der Waals surface area contributed by atoms with Crippen molar-refractivity contribution in [1.82, 2.24) is 9.29 Å². The van der Waals surface area contributed by atoms with Gasteiger partial charge in [-0.3, -0.25) is 4.31 Å². The van der Waals surface area contributed by atoms with E-state index in [9.17, 15) is 18.3 Å². The number of halogens is 3. The largest absolute Gasteiger partial charge is 0.492 e. The minimum Gasteiger partial charge on any atom is -0.492 e. The molecule has 5 nitrogen and oxygen atoms in total. The monoisotopic (exact) mass is 394 g/mol. The Bertz CT molecular complexity index is 1010. The Balaban J connectivity index is 1.60. The van der Waals surface area contributed by atoms with Gasteiger partial charge >= 0.3 is 0 Å². The zero-order valence-corrected chi connectivity index (χ0v) is 14.4. The number of hydrogen-bond acceptors (Lipinski definition) is 7. The molecule has 0 fully saturated rings. The highest BCUT2D eigenvalue weighted by Gasteiger charge is 2.18. The van der Waals surface area contributed by atoms with Crippen molar-refractivity contribution in [2.75, 3.05) is 5.32 Å². The van der Waals surface area contributed by atoms with E-state index < -0.39 is 17.5 Å². The Hall–Kier alpha value is -2.72. The second-order valence-corrected chi connectivity index (χ2v) is 7.02. The van der Waals surface area contributed by atoms with Gasteiger partial charge in [0.15, 0.2) is 22.6 Å². The molecule has 2 aromatic rings. The molecule has 0 unspecified atom stereocenters. The van der Waals surface area contributed by atoms with Gasteiger partial charge < -0.3 is 10.4 Å². The van der Waals surface area contributed by atoms with Crippen LogP contribution in [0.2, 0.25) is 0 Å². The minimum absolute atomic E-state index is 0.145. The zero-order valence-electron chi connectivity index (χ0n) is 12.8. The number of nitrogens with zero attached hydrogens (tertiary/aromatic N) is 3. The first-order valence-corrected chi connectivity index (χ1v) is 8.77. The van der Waals surface area contributed by atoms with Gasteiger partial charge in [-0.2, -0.15) is 4.98 Å². The SMILES string of the molecule is Oc1nc(Nc2ccc(F)c(F)c2F)sc1C=C1C=CN2SN=CC2=C1. The Morgan fingerprint density at radius 2 is 2.04 bits per heavy atom. The summed E-state index contributed by atoms with van der Waals surface area (Å²) >= 11 is 2.35. The van der Waals surface area contributed by atoms with Gasteiger partial charge in [-0.05, 0) is 35.9 Å². The summed E-state index contributed by atoms with van der Waals surface area (Å²) in [7, 11) is 0. The maximum absolute atomic E-state index is 13.7. The average molecular weight is 394 g/mol. The van der Waals surface area contributed by atoms with Crippen LogP contribution in [-0.4, -0.2) is 20.6 Å². The predicted molar refractivity (Wildman–Crippen MR) is 96.5 cm³/mol. The van der Waals surface area contributed by atoms with Crippen molar-refractivity contribution in [2.45, 2.75) is 0 Å². The predicted octanol–water partition coefficient (Wildman–Crippen LogP) is 4.75. The molecule has 0 amide bonds. The van der Waals surface area contributed by atoms with Crippen LogP contribution in [0, 0.1) is 17.5 Å². The quantitative estimate of drug-likeness (QED) is 0.581. The summed E-state index contributed by atoms with van der Waals surface area (Å²) in [4.78, 5) is 4.31. The molecule has 4 rings (SSSR count). The normalized spacial score (nSPS) is 17.0. The number of thiazole rings is 1. The summed E-state index contributed by atoms with van der Waals surface area (Å²) in [5, 5.41) is 12.7. The average Bonchev–Trinajstić information content (AvgIpc) is 3.22. The number of aromatic hydroxyl groups is 1. The number of rotatable bonds is 3. The van der Waals surface area contributed by atoms with Crippen LogP contribution in [0.4, 0.5) is 24.0 Å². The van der Waals surface area contributed by atoms with E-state index in [2.05, 4.69) is 14.7 Å². The molecule has 1 aromatic carbocycles. The molecule has 0 radical (unpaired) electrons. The number of anilines is 2. The first-order chi connectivity index (χ1) is 12.5. The van der Waals surface area contributed by atoms with Crippen LogP contribution < -0.4 is 5.32 Å². The summed E-state index contributed by atoms with van der Waals surface area (Å²) in [5.41, 5.74) is 1.44. The van der Waals surface area contributed by atoms with Crippen LogP contribution in [0.1, 0.15) is 4.88 Å². The lowest BCUT2D eigenvalue weighted by atomic mass is 10.1. The van der Waals surface area contributed by atoms with Crippen molar-refractivity contribution in [3.05, 3.63) is 64.1 Å². The van der Waals surface area contributed by atoms with E-state index in [1.54, 1.807) is 12.3 Å². The molecular formula is C16H9F3N4OS2. The van der Waals surface area contributed by atoms with E-state index in [0.717, 1.165) is 34.7 Å². The summed E-state index contributed by atoms with van der Waals surface area (Å²) < 4.78 is 46.0. The van der Waals surface area contributed by atoms with E-state index in [0.29, 0.717) is 4.88 Å². The fourth-order valence-corrected chi connectivity index (χ4v) is 3.67. The number of benzene rings is 1. The van der Waals surface area contributed by atoms with E-state index in [1.807, 2.05) is 22.7 Å². The van der Waals surface area contributed by atoms with Crippen molar-refractivity contribution < 1.29 is 18.3 Å². The van der Waals surface area contributed by atoms with Gasteiger partial charge in [0, 0.05) is 6.20 Å². The molecule has 0 saturated heterocycles. The van der Waals surface area contributed by atoms with Gasteiger partial charge in [-0.15, -0.1) is 0 Å². The number of allylic oxidation sites excluding steroid dienone is 4. The summed E-state index contributed by atoms with van der Waals surface area (Å²) in [6.45, 7) is 0. The Kier molecular flexibility index (Phi) is 4.21. The third-order valence-corrected chi connectivity index (χ3v) is 5.12. The fourth-order valence-electron chi connectivity index (χ4n) is 2.27. The van der Waals surface area contributed by atoms with Crippen LogP contribution >= 0.6 is 23.5 Å². The van der Waals surface area contributed by atoms with Crippen molar-refractivity contribution >= 4 is 46.6 Å². The summed E-state index contributed by atoms with van der Waals surface area (Å²) in [5.74, 6) is -4.45. The Morgan fingerprint density at radius 1 is 1.19 bits per heavy atom. The molecule has 0 bridgehead atoms. The standard InChI is InChI=1S/C16H9F3N4OS2/c17-10-1-2-11(14(19)13(10)18)21-16-22-15(24)12(25-16)6-8-3-4-23-9(5-8)7-20-26-23/h1-7,24H,(H,21,22). The van der Waals surface area contributed by atoms with Crippen molar-refractivity contribution in [1.29, 1.82) is 0 Å². The topological polar surface area (TPSA) is 60.8 Å². The lowest BCUT2D eigenvalue weighted by Crippen LogP contribution is -2.06. The van der Waals surface area contributed by atoms with Crippen LogP contribution in [0.3, 0.4) is 0 Å². The molecule has 26 heavy (non-hydrogen) atoms. The Labute approximate surface area is 154 Å². The smallest absolute Gasteiger partial charge is 0.231 e. The van der Waals surface area contributed by atoms with Crippen LogP contribution in [0.15, 0.2) is 46.2 Å². The maximum atomic E-state index is 13.7. The minimum atomic E-state index is -1.57. The molecule has 0 saturated carbocycles. The highest BCUT2D eigenvalue weighted by Crippen LogP contribution is 2.35. The van der Waals surface area contributed by atoms with Gasteiger partial charge in [0.1, 0.15) is 0 Å². The zero-order chi connectivity index (χ0) is 18.3. The van der Waals surface area contributed by atoms with Crippen molar-refractivity contribution in [2.24, 2.45) is 4.40 Å². The molecular weight excluding hydrogens is 385 g/mol. The highest BCUT2D eigenvalue weighted by atomic mass is 32.2. The molecule has 2 N–H and O–H groups in total.